The van der Waals surface area contributed by atoms with Crippen molar-refractivity contribution < 1.29 is 0 Å². The zero-order valence-electron chi connectivity index (χ0n) is 7.27. The average Bonchev–Trinajstić information content (AvgIpc) is 2.76. The Morgan fingerprint density at radius 2 is 2.23 bits per heavy atom. The molecule has 2 N–H and O–H groups in total. The van der Waals surface area contributed by atoms with Gasteiger partial charge in [-0.25, -0.2) is 4.52 Å². The van der Waals surface area contributed by atoms with E-state index in [2.05, 4.69) is 11.2 Å². The molecule has 1 saturated carbocycles. The molecule has 66 valence electrons. The van der Waals surface area contributed by atoms with Crippen LogP contribution in [0.2, 0.25) is 0 Å². The van der Waals surface area contributed by atoms with E-state index < -0.39 is 0 Å². The van der Waals surface area contributed by atoms with Crippen LogP contribution in [0.4, 0.5) is 0 Å². The lowest BCUT2D eigenvalue weighted by molar-refractivity contribution is 0.747. The van der Waals surface area contributed by atoms with E-state index in [4.69, 9.17) is 5.73 Å². The van der Waals surface area contributed by atoms with Gasteiger partial charge in [-0.05, 0) is 25.0 Å². The maximum atomic E-state index is 6.13. The quantitative estimate of drug-likeness (QED) is 0.706. The number of aromatic nitrogens is 2. The van der Waals surface area contributed by atoms with Crippen molar-refractivity contribution in [2.24, 2.45) is 5.73 Å². The Morgan fingerprint density at radius 3 is 3.00 bits per heavy atom. The highest BCUT2D eigenvalue weighted by atomic mass is 15.2. The largest absolute Gasteiger partial charge is 0.321 e. The molecule has 2 aromatic heterocycles. The summed E-state index contributed by atoms with van der Waals surface area (Å²) in [5, 5.41) is 4.26. The fourth-order valence-electron chi connectivity index (χ4n) is 1.72. The van der Waals surface area contributed by atoms with Gasteiger partial charge in [-0.1, -0.05) is 6.07 Å². The van der Waals surface area contributed by atoms with E-state index in [0.717, 1.165) is 18.4 Å². The molecule has 0 radical (unpaired) electrons. The third kappa shape index (κ3) is 0.906. The molecule has 1 aliphatic carbocycles. The van der Waals surface area contributed by atoms with Crippen molar-refractivity contribution in [2.45, 2.75) is 18.4 Å². The summed E-state index contributed by atoms with van der Waals surface area (Å²) in [4.78, 5) is 0. The van der Waals surface area contributed by atoms with Crippen molar-refractivity contribution in [3.8, 4) is 0 Å². The van der Waals surface area contributed by atoms with E-state index >= 15 is 0 Å². The second-order valence-electron chi connectivity index (χ2n) is 3.74. The first-order valence-electron chi connectivity index (χ1n) is 4.51. The highest BCUT2D eigenvalue weighted by molar-refractivity contribution is 5.58. The molecular weight excluding hydrogens is 162 g/mol. The zero-order valence-corrected chi connectivity index (χ0v) is 7.27. The highest BCUT2D eigenvalue weighted by Crippen LogP contribution is 2.44. The second kappa shape index (κ2) is 2.12. The van der Waals surface area contributed by atoms with Crippen molar-refractivity contribution >= 4 is 5.52 Å². The number of hydrogen-bond acceptors (Lipinski definition) is 2. The second-order valence-corrected chi connectivity index (χ2v) is 3.74. The Hall–Kier alpha value is -1.35. The first-order valence-corrected chi connectivity index (χ1v) is 4.51. The average molecular weight is 173 g/mol. The molecule has 1 aliphatic rings. The number of nitrogens with zero attached hydrogens (tertiary/aromatic N) is 2. The van der Waals surface area contributed by atoms with Crippen LogP contribution in [0.3, 0.4) is 0 Å². The molecular formula is C10H11N3. The zero-order chi connectivity index (χ0) is 8.89. The van der Waals surface area contributed by atoms with Crippen molar-refractivity contribution in [1.82, 2.24) is 9.61 Å². The van der Waals surface area contributed by atoms with E-state index in [1.54, 1.807) is 0 Å². The molecule has 1 fully saturated rings. The number of nitrogens with two attached hydrogens (primary N) is 1. The van der Waals surface area contributed by atoms with Crippen LogP contribution < -0.4 is 5.73 Å². The van der Waals surface area contributed by atoms with Crippen molar-refractivity contribution in [3.05, 3.63) is 36.2 Å². The van der Waals surface area contributed by atoms with Crippen LogP contribution in [0.15, 0.2) is 30.6 Å². The normalized spacial score (nSPS) is 19.2. The number of pyridine rings is 1. The lowest BCUT2D eigenvalue weighted by atomic mass is 10.1. The molecule has 0 aromatic carbocycles. The van der Waals surface area contributed by atoms with Gasteiger partial charge in [0.05, 0.1) is 11.7 Å². The van der Waals surface area contributed by atoms with Crippen LogP contribution in [-0.4, -0.2) is 9.61 Å². The first kappa shape index (κ1) is 7.09. The molecule has 0 bridgehead atoms. The summed E-state index contributed by atoms with van der Waals surface area (Å²) in [5.74, 6) is 0. The van der Waals surface area contributed by atoms with Crippen molar-refractivity contribution in [3.63, 3.8) is 0 Å². The molecule has 0 spiro atoms. The molecule has 0 unspecified atom stereocenters. The summed E-state index contributed by atoms with van der Waals surface area (Å²) in [6.07, 6.45) is 6.01. The van der Waals surface area contributed by atoms with E-state index in [1.807, 2.05) is 29.0 Å². The van der Waals surface area contributed by atoms with Gasteiger partial charge in [0.15, 0.2) is 0 Å². The topological polar surface area (TPSA) is 43.3 Å². The van der Waals surface area contributed by atoms with E-state index in [-0.39, 0.29) is 5.54 Å². The summed E-state index contributed by atoms with van der Waals surface area (Å²) in [7, 11) is 0. The fourth-order valence-corrected chi connectivity index (χ4v) is 1.72. The fraction of sp³-hybridized carbons (Fsp3) is 0.300. The van der Waals surface area contributed by atoms with Gasteiger partial charge in [-0.3, -0.25) is 0 Å². The van der Waals surface area contributed by atoms with Gasteiger partial charge in [0, 0.05) is 17.3 Å². The Balaban J connectivity index is 2.30. The molecule has 0 aliphatic heterocycles. The summed E-state index contributed by atoms with van der Waals surface area (Å²) < 4.78 is 1.88. The number of hydrogen-bond donors (Lipinski definition) is 1. The molecule has 3 nitrogen and oxygen atoms in total. The Labute approximate surface area is 76.2 Å². The van der Waals surface area contributed by atoms with Gasteiger partial charge in [0.25, 0.3) is 0 Å². The maximum absolute atomic E-state index is 6.13. The predicted octanol–water partition coefficient (Wildman–Crippen LogP) is 1.28. The molecule has 2 aromatic rings. The summed E-state index contributed by atoms with van der Waals surface area (Å²) >= 11 is 0. The Bertz CT molecular complexity index is 454. The molecule has 0 atom stereocenters. The van der Waals surface area contributed by atoms with E-state index in [0.29, 0.717) is 0 Å². The van der Waals surface area contributed by atoms with E-state index in [1.165, 1.54) is 5.56 Å². The number of rotatable bonds is 1. The van der Waals surface area contributed by atoms with Crippen LogP contribution in [0.5, 0.6) is 0 Å². The monoisotopic (exact) mass is 173 g/mol. The van der Waals surface area contributed by atoms with Gasteiger partial charge >= 0.3 is 0 Å². The minimum Gasteiger partial charge on any atom is -0.321 e. The third-order valence-corrected chi connectivity index (χ3v) is 2.75. The molecule has 3 heteroatoms. The molecule has 13 heavy (non-hydrogen) atoms. The van der Waals surface area contributed by atoms with Crippen LogP contribution in [0.1, 0.15) is 18.4 Å². The predicted molar refractivity (Wildman–Crippen MR) is 50.3 cm³/mol. The third-order valence-electron chi connectivity index (χ3n) is 2.75. The molecule has 0 saturated heterocycles. The van der Waals surface area contributed by atoms with Crippen LogP contribution in [0, 0.1) is 0 Å². The summed E-state index contributed by atoms with van der Waals surface area (Å²) in [6.45, 7) is 0. The standard InChI is InChI=1S/C10H11N3/c11-10(4-5-10)8-7-12-13-6-2-1-3-9(8)13/h1-3,6-7H,4-5,11H2. The maximum Gasteiger partial charge on any atom is 0.0712 e. The van der Waals surface area contributed by atoms with Gasteiger partial charge in [-0.2, -0.15) is 5.10 Å². The van der Waals surface area contributed by atoms with Gasteiger partial charge in [0.2, 0.25) is 0 Å². The van der Waals surface area contributed by atoms with E-state index in [9.17, 15) is 0 Å². The summed E-state index contributed by atoms with van der Waals surface area (Å²) in [6, 6.07) is 6.06. The van der Waals surface area contributed by atoms with Gasteiger partial charge in [0.1, 0.15) is 0 Å². The smallest absolute Gasteiger partial charge is 0.0712 e. The molecule has 3 rings (SSSR count). The lowest BCUT2D eigenvalue weighted by Gasteiger charge is -2.05. The van der Waals surface area contributed by atoms with Crippen molar-refractivity contribution in [1.29, 1.82) is 0 Å². The minimum absolute atomic E-state index is 0.0803. The first-order chi connectivity index (χ1) is 6.30. The van der Waals surface area contributed by atoms with Crippen LogP contribution >= 0.6 is 0 Å². The lowest BCUT2D eigenvalue weighted by Crippen LogP contribution is -2.18. The van der Waals surface area contributed by atoms with Crippen molar-refractivity contribution in [2.75, 3.05) is 0 Å². The van der Waals surface area contributed by atoms with Gasteiger partial charge < -0.3 is 5.73 Å². The SMILES string of the molecule is NC1(c2cnn3ccccc23)CC1. The molecule has 2 heterocycles. The highest BCUT2D eigenvalue weighted by Gasteiger charge is 2.42. The number of fused-ring (bicyclic) bond motifs is 1. The van der Waals surface area contributed by atoms with Gasteiger partial charge in [-0.15, -0.1) is 0 Å². The molecule has 0 amide bonds. The minimum atomic E-state index is -0.0803. The summed E-state index contributed by atoms with van der Waals surface area (Å²) in [5.41, 5.74) is 8.37. The van der Waals surface area contributed by atoms with Crippen LogP contribution in [0.25, 0.3) is 5.52 Å². The Kier molecular flexibility index (Phi) is 1.15. The van der Waals surface area contributed by atoms with Crippen LogP contribution in [-0.2, 0) is 5.54 Å². The Morgan fingerprint density at radius 1 is 1.38 bits per heavy atom.